The number of rotatable bonds is 7. The van der Waals surface area contributed by atoms with Crippen molar-refractivity contribution >= 4 is 15.9 Å². The number of nitrogens with one attached hydrogen (secondary N) is 1. The number of sulfonamides is 1. The molecule has 0 aromatic heterocycles. The van der Waals surface area contributed by atoms with Gasteiger partial charge in [0.2, 0.25) is 15.9 Å². The highest BCUT2D eigenvalue weighted by molar-refractivity contribution is 7.89. The molecule has 1 amide bonds. The fourth-order valence-corrected chi connectivity index (χ4v) is 3.66. The van der Waals surface area contributed by atoms with Crippen molar-refractivity contribution in [2.24, 2.45) is 5.92 Å². The van der Waals surface area contributed by atoms with Gasteiger partial charge in [0.1, 0.15) is 6.04 Å². The molecule has 5 nitrogen and oxygen atoms in total. The lowest BCUT2D eigenvalue weighted by Crippen LogP contribution is -2.48. The van der Waals surface area contributed by atoms with Crippen LogP contribution in [0.1, 0.15) is 46.5 Å². The maximum absolute atomic E-state index is 12.4. The fourth-order valence-electron chi connectivity index (χ4n) is 2.37. The van der Waals surface area contributed by atoms with Gasteiger partial charge in [-0.15, -0.1) is 0 Å². The predicted octanol–water partition coefficient (Wildman–Crippen LogP) is 1.35. The number of hydrogen-bond donors (Lipinski definition) is 1. The Morgan fingerprint density at radius 1 is 1.26 bits per heavy atom. The Morgan fingerprint density at radius 2 is 1.84 bits per heavy atom. The zero-order valence-electron chi connectivity index (χ0n) is 12.2. The van der Waals surface area contributed by atoms with Crippen LogP contribution in [0, 0.1) is 5.92 Å². The second-order valence-electron chi connectivity index (χ2n) is 5.65. The largest absolute Gasteiger partial charge is 0.341 e. The minimum Gasteiger partial charge on any atom is -0.341 e. The molecule has 0 saturated carbocycles. The van der Waals surface area contributed by atoms with E-state index in [1.165, 1.54) is 0 Å². The second-order valence-corrected chi connectivity index (χ2v) is 7.52. The SMILES string of the molecule is CCCS(=O)(=O)N[C@H](CC(C)C)C(=O)N1CCCC1. The van der Waals surface area contributed by atoms with Crippen LogP contribution in [-0.2, 0) is 14.8 Å². The van der Waals surface area contributed by atoms with Gasteiger partial charge in [-0.25, -0.2) is 13.1 Å². The molecule has 0 bridgehead atoms. The van der Waals surface area contributed by atoms with Gasteiger partial charge >= 0.3 is 0 Å². The number of nitrogens with zero attached hydrogens (tertiary/aromatic N) is 1. The van der Waals surface area contributed by atoms with Crippen molar-refractivity contribution in [2.75, 3.05) is 18.8 Å². The van der Waals surface area contributed by atoms with Crippen LogP contribution >= 0.6 is 0 Å². The molecule has 1 N–H and O–H groups in total. The van der Waals surface area contributed by atoms with Gasteiger partial charge < -0.3 is 4.90 Å². The summed E-state index contributed by atoms with van der Waals surface area (Å²) in [4.78, 5) is 14.1. The Morgan fingerprint density at radius 3 is 2.32 bits per heavy atom. The van der Waals surface area contributed by atoms with Crippen molar-refractivity contribution in [3.63, 3.8) is 0 Å². The van der Waals surface area contributed by atoms with Crippen molar-refractivity contribution in [2.45, 2.75) is 52.5 Å². The first-order valence-electron chi connectivity index (χ1n) is 7.14. The highest BCUT2D eigenvalue weighted by Crippen LogP contribution is 2.14. The highest BCUT2D eigenvalue weighted by atomic mass is 32.2. The summed E-state index contributed by atoms with van der Waals surface area (Å²) >= 11 is 0. The highest BCUT2D eigenvalue weighted by Gasteiger charge is 2.29. The Bertz CT molecular complexity index is 387. The maximum atomic E-state index is 12.4. The molecule has 6 heteroatoms. The molecule has 0 unspecified atom stereocenters. The summed E-state index contributed by atoms with van der Waals surface area (Å²) in [6.45, 7) is 7.32. The molecule has 1 fully saturated rings. The summed E-state index contributed by atoms with van der Waals surface area (Å²) in [6.07, 6.45) is 3.14. The Kier molecular flexibility index (Phi) is 6.26. The van der Waals surface area contributed by atoms with Crippen LogP contribution in [0.4, 0.5) is 0 Å². The summed E-state index contributed by atoms with van der Waals surface area (Å²) in [5, 5.41) is 0. The lowest BCUT2D eigenvalue weighted by molar-refractivity contribution is -0.132. The molecular weight excluding hydrogens is 264 g/mol. The fraction of sp³-hybridized carbons (Fsp3) is 0.923. The zero-order valence-corrected chi connectivity index (χ0v) is 13.0. The first-order chi connectivity index (χ1) is 8.85. The van der Waals surface area contributed by atoms with Crippen molar-refractivity contribution in [3.05, 3.63) is 0 Å². The first kappa shape index (κ1) is 16.4. The topological polar surface area (TPSA) is 66.5 Å². The van der Waals surface area contributed by atoms with Gasteiger partial charge in [0.05, 0.1) is 5.75 Å². The molecule has 1 aliphatic heterocycles. The van der Waals surface area contributed by atoms with E-state index in [1.807, 2.05) is 20.8 Å². The van der Waals surface area contributed by atoms with Crippen LogP contribution in [-0.4, -0.2) is 44.1 Å². The maximum Gasteiger partial charge on any atom is 0.240 e. The zero-order chi connectivity index (χ0) is 14.5. The van der Waals surface area contributed by atoms with Crippen LogP contribution in [0.25, 0.3) is 0 Å². The number of likely N-dealkylation sites (tertiary alicyclic amines) is 1. The summed E-state index contributed by atoms with van der Waals surface area (Å²) < 4.78 is 26.3. The van der Waals surface area contributed by atoms with Crippen LogP contribution in [0.2, 0.25) is 0 Å². The number of hydrogen-bond acceptors (Lipinski definition) is 3. The molecule has 0 aromatic rings. The number of carbonyl (C=O) groups is 1. The molecule has 1 aliphatic rings. The van der Waals surface area contributed by atoms with Gasteiger partial charge in [-0.2, -0.15) is 0 Å². The molecule has 19 heavy (non-hydrogen) atoms. The van der Waals surface area contributed by atoms with E-state index in [2.05, 4.69) is 4.72 Å². The third-order valence-electron chi connectivity index (χ3n) is 3.22. The van der Waals surface area contributed by atoms with E-state index in [4.69, 9.17) is 0 Å². The molecule has 1 saturated heterocycles. The smallest absolute Gasteiger partial charge is 0.240 e. The van der Waals surface area contributed by atoms with Crippen molar-refractivity contribution in [1.29, 1.82) is 0 Å². The van der Waals surface area contributed by atoms with Gasteiger partial charge in [0.15, 0.2) is 0 Å². The number of carbonyl (C=O) groups excluding carboxylic acids is 1. The molecule has 0 radical (unpaired) electrons. The van der Waals surface area contributed by atoms with Crippen molar-refractivity contribution in [1.82, 2.24) is 9.62 Å². The van der Waals surface area contributed by atoms with Crippen LogP contribution in [0.15, 0.2) is 0 Å². The summed E-state index contributed by atoms with van der Waals surface area (Å²) in [5.41, 5.74) is 0. The van der Waals surface area contributed by atoms with E-state index >= 15 is 0 Å². The third-order valence-corrected chi connectivity index (χ3v) is 4.81. The molecule has 0 spiro atoms. The standard InChI is InChI=1S/C13H26N2O3S/c1-4-9-19(17,18)14-12(10-11(2)3)13(16)15-7-5-6-8-15/h11-12,14H,4-10H2,1-3H3/t12-/m1/s1. The van der Waals surface area contributed by atoms with E-state index in [9.17, 15) is 13.2 Å². The van der Waals surface area contributed by atoms with E-state index < -0.39 is 16.1 Å². The average Bonchev–Trinajstić information content (AvgIpc) is 2.79. The predicted molar refractivity (Wildman–Crippen MR) is 76.3 cm³/mol. The third kappa shape index (κ3) is 5.48. The van der Waals surface area contributed by atoms with Gasteiger partial charge in [-0.3, -0.25) is 4.79 Å². The molecular formula is C13H26N2O3S. The molecule has 1 heterocycles. The van der Waals surface area contributed by atoms with Gasteiger partial charge in [-0.1, -0.05) is 20.8 Å². The van der Waals surface area contributed by atoms with Crippen LogP contribution in [0.5, 0.6) is 0 Å². The van der Waals surface area contributed by atoms with Gasteiger partial charge in [0, 0.05) is 13.1 Å². The average molecular weight is 290 g/mol. The van der Waals surface area contributed by atoms with Crippen molar-refractivity contribution < 1.29 is 13.2 Å². The minimum atomic E-state index is -3.35. The quantitative estimate of drug-likeness (QED) is 0.769. The first-order valence-corrected chi connectivity index (χ1v) is 8.79. The molecule has 1 atom stereocenters. The van der Waals surface area contributed by atoms with Crippen LogP contribution in [0.3, 0.4) is 0 Å². The van der Waals surface area contributed by atoms with Gasteiger partial charge in [0.25, 0.3) is 0 Å². The van der Waals surface area contributed by atoms with Crippen molar-refractivity contribution in [3.8, 4) is 0 Å². The second kappa shape index (κ2) is 7.24. The number of amides is 1. The molecule has 0 aromatic carbocycles. The Balaban J connectivity index is 2.73. The molecule has 112 valence electrons. The van der Waals surface area contributed by atoms with E-state index in [1.54, 1.807) is 4.90 Å². The van der Waals surface area contributed by atoms with E-state index in [0.717, 1.165) is 25.9 Å². The molecule has 0 aliphatic carbocycles. The van der Waals surface area contributed by atoms with Crippen LogP contribution < -0.4 is 4.72 Å². The Hall–Kier alpha value is -0.620. The molecule has 1 rings (SSSR count). The normalized spacial score (nSPS) is 18.0. The lowest BCUT2D eigenvalue weighted by Gasteiger charge is -2.25. The summed E-state index contributed by atoms with van der Waals surface area (Å²) in [7, 11) is -3.35. The minimum absolute atomic E-state index is 0.0640. The Labute approximate surface area is 116 Å². The van der Waals surface area contributed by atoms with E-state index in [0.29, 0.717) is 12.8 Å². The lowest BCUT2D eigenvalue weighted by atomic mass is 10.0. The summed E-state index contributed by atoms with van der Waals surface area (Å²) in [5.74, 6) is 0.293. The summed E-state index contributed by atoms with van der Waals surface area (Å²) in [6, 6.07) is -0.602. The van der Waals surface area contributed by atoms with E-state index in [-0.39, 0.29) is 17.6 Å². The monoisotopic (exact) mass is 290 g/mol. The van der Waals surface area contributed by atoms with Gasteiger partial charge in [-0.05, 0) is 31.6 Å².